The highest BCUT2D eigenvalue weighted by Crippen LogP contribution is 2.35. The van der Waals surface area contributed by atoms with Gasteiger partial charge >= 0.3 is 12.1 Å². The number of fused-ring (bicyclic) bond motifs is 3. The highest BCUT2D eigenvalue weighted by Gasteiger charge is 2.34. The third-order valence-electron chi connectivity index (χ3n) is 8.38. The maximum absolute atomic E-state index is 13.8. The first kappa shape index (κ1) is 31.5. The Morgan fingerprint density at radius 2 is 1.64 bits per heavy atom. The van der Waals surface area contributed by atoms with Crippen molar-refractivity contribution >= 4 is 45.8 Å². The van der Waals surface area contributed by atoms with Gasteiger partial charge in [0, 0.05) is 42.3 Å². The molecule has 0 saturated heterocycles. The van der Waals surface area contributed by atoms with Crippen LogP contribution >= 0.6 is 0 Å². The molecular formula is C35H37N5O7. The van der Waals surface area contributed by atoms with Crippen LogP contribution in [0.1, 0.15) is 24.2 Å². The molecular weight excluding hydrogens is 602 g/mol. The van der Waals surface area contributed by atoms with Crippen LogP contribution in [0, 0.1) is 5.92 Å². The molecule has 3 atom stereocenters. The van der Waals surface area contributed by atoms with Gasteiger partial charge in [-0.2, -0.15) is 0 Å². The number of hydrogen-bond acceptors (Lipinski definition) is 7. The van der Waals surface area contributed by atoms with Crippen LogP contribution in [0.2, 0.25) is 0 Å². The molecule has 6 rings (SSSR count). The van der Waals surface area contributed by atoms with Crippen LogP contribution < -0.4 is 30.2 Å². The first-order valence-corrected chi connectivity index (χ1v) is 15.4. The summed E-state index contributed by atoms with van der Waals surface area (Å²) in [6.07, 6.45) is -0.494. The number of aliphatic hydroxyl groups is 1. The molecule has 0 aliphatic carbocycles. The number of aliphatic hydroxyl groups excluding tert-OH is 1. The molecule has 12 heteroatoms. The average molecular weight is 640 g/mol. The number of nitrogens with zero attached hydrogens (tertiary/aromatic N) is 2. The van der Waals surface area contributed by atoms with Crippen LogP contribution in [0.4, 0.5) is 26.7 Å². The first-order valence-electron chi connectivity index (χ1n) is 15.4. The molecule has 0 fully saturated rings. The molecule has 0 bridgehead atoms. The van der Waals surface area contributed by atoms with E-state index in [1.807, 2.05) is 49.4 Å². The summed E-state index contributed by atoms with van der Waals surface area (Å²) in [6, 6.07) is 22.2. The predicted molar refractivity (Wildman–Crippen MR) is 178 cm³/mol. The van der Waals surface area contributed by atoms with Gasteiger partial charge in [-0.3, -0.25) is 4.79 Å². The molecule has 12 nitrogen and oxygen atoms in total. The topological polar surface area (TPSA) is 142 Å². The Kier molecular flexibility index (Phi) is 9.03. The number of hydrogen-bond donors (Lipinski definition) is 4. The monoisotopic (exact) mass is 639 g/mol. The van der Waals surface area contributed by atoms with Gasteiger partial charge in [-0.15, -0.1) is 0 Å². The number of amides is 5. The second-order valence-electron chi connectivity index (χ2n) is 11.8. The number of likely N-dealkylation sites (N-methyl/N-ethyl adjacent to an activating group) is 1. The molecule has 0 spiro atoms. The number of carbonyl (C=O) groups excluding carboxylic acids is 3. The van der Waals surface area contributed by atoms with E-state index in [0.29, 0.717) is 34.3 Å². The van der Waals surface area contributed by atoms with E-state index in [4.69, 9.17) is 14.2 Å². The Bertz CT molecular complexity index is 1810. The number of nitrogens with one attached hydrogen (secondary N) is 3. The molecule has 4 aromatic carbocycles. The number of benzene rings is 4. The van der Waals surface area contributed by atoms with Crippen LogP contribution in [0.5, 0.6) is 17.2 Å². The van der Waals surface area contributed by atoms with Crippen molar-refractivity contribution in [3.8, 4) is 17.2 Å². The maximum Gasteiger partial charge on any atom is 0.323 e. The molecule has 2 aliphatic heterocycles. The van der Waals surface area contributed by atoms with E-state index in [1.54, 1.807) is 60.2 Å². The van der Waals surface area contributed by atoms with Crippen molar-refractivity contribution in [3.63, 3.8) is 0 Å². The van der Waals surface area contributed by atoms with Gasteiger partial charge in [0.15, 0.2) is 11.5 Å². The van der Waals surface area contributed by atoms with Crippen molar-refractivity contribution in [2.24, 2.45) is 5.92 Å². The summed E-state index contributed by atoms with van der Waals surface area (Å²) in [5.41, 5.74) is 1.80. The van der Waals surface area contributed by atoms with E-state index in [1.165, 1.54) is 0 Å². The van der Waals surface area contributed by atoms with Gasteiger partial charge in [-0.1, -0.05) is 43.3 Å². The SMILES string of the molecule is C[C@H](CO)N1C[C@H](C)[C@H](CN(C)C(=O)Nc2cccc3ccccc23)Oc2ccc(NC(=O)Nc3ccc4c(c3)OCO4)cc2C1=O. The highest BCUT2D eigenvalue weighted by molar-refractivity contribution is 6.03. The minimum absolute atomic E-state index is 0.121. The van der Waals surface area contributed by atoms with E-state index in [0.717, 1.165) is 10.8 Å². The summed E-state index contributed by atoms with van der Waals surface area (Å²) in [5, 5.41) is 20.5. The van der Waals surface area contributed by atoms with Crippen LogP contribution in [0.25, 0.3) is 10.8 Å². The first-order chi connectivity index (χ1) is 22.7. The fourth-order valence-electron chi connectivity index (χ4n) is 5.68. The average Bonchev–Trinajstić information content (AvgIpc) is 3.54. The van der Waals surface area contributed by atoms with Crippen molar-refractivity contribution < 1.29 is 33.7 Å². The Morgan fingerprint density at radius 3 is 2.43 bits per heavy atom. The minimum atomic E-state index is -0.520. The van der Waals surface area contributed by atoms with Crippen LogP contribution in [0.3, 0.4) is 0 Å². The second kappa shape index (κ2) is 13.5. The van der Waals surface area contributed by atoms with Gasteiger partial charge in [-0.05, 0) is 48.7 Å². The lowest BCUT2D eigenvalue weighted by Gasteiger charge is -2.38. The Hall–Kier alpha value is -5.49. The van der Waals surface area contributed by atoms with E-state index in [2.05, 4.69) is 16.0 Å². The van der Waals surface area contributed by atoms with Crippen molar-refractivity contribution in [1.29, 1.82) is 0 Å². The highest BCUT2D eigenvalue weighted by atomic mass is 16.7. The lowest BCUT2D eigenvalue weighted by atomic mass is 9.99. The summed E-state index contributed by atoms with van der Waals surface area (Å²) in [6.45, 7) is 4.12. The summed E-state index contributed by atoms with van der Waals surface area (Å²) in [7, 11) is 1.70. The van der Waals surface area contributed by atoms with Crippen molar-refractivity contribution in [2.75, 3.05) is 49.5 Å². The standard InChI is InChI=1S/C35H37N5O7/c1-21-17-40(22(2)19-41)33(42)27-15-24(36-34(43)37-25-12-14-30-31(16-25)46-20-45-30)11-13-29(27)47-32(21)18-39(3)35(44)38-28-10-6-8-23-7-4-5-9-26(23)28/h4-16,21-22,32,41H,17-20H2,1-3H3,(H,38,44)(H2,36,37,43)/t21-,22+,32-/m0/s1. The smallest absolute Gasteiger partial charge is 0.323 e. The third kappa shape index (κ3) is 6.87. The zero-order chi connectivity index (χ0) is 33.1. The molecule has 0 unspecified atom stereocenters. The second-order valence-corrected chi connectivity index (χ2v) is 11.8. The minimum Gasteiger partial charge on any atom is -0.487 e. The molecule has 2 aliphatic rings. The quantitative estimate of drug-likeness (QED) is 0.206. The summed E-state index contributed by atoms with van der Waals surface area (Å²) in [5.74, 6) is 0.909. The van der Waals surface area contributed by atoms with Crippen molar-refractivity contribution in [2.45, 2.75) is 26.0 Å². The Morgan fingerprint density at radius 1 is 0.936 bits per heavy atom. The molecule has 0 saturated carbocycles. The van der Waals surface area contributed by atoms with E-state index < -0.39 is 18.2 Å². The normalized spacial score (nSPS) is 17.5. The summed E-state index contributed by atoms with van der Waals surface area (Å²) in [4.78, 5) is 43.2. The molecule has 244 valence electrons. The Balaban J connectivity index is 1.20. The fourth-order valence-corrected chi connectivity index (χ4v) is 5.68. The van der Waals surface area contributed by atoms with Gasteiger partial charge in [0.25, 0.3) is 5.91 Å². The van der Waals surface area contributed by atoms with Gasteiger partial charge in [0.1, 0.15) is 11.9 Å². The zero-order valence-electron chi connectivity index (χ0n) is 26.4. The van der Waals surface area contributed by atoms with Crippen molar-refractivity contribution in [1.82, 2.24) is 9.80 Å². The number of urea groups is 2. The maximum atomic E-state index is 13.8. The molecule has 4 aromatic rings. The molecule has 2 heterocycles. The van der Waals surface area contributed by atoms with Crippen LogP contribution in [0.15, 0.2) is 78.9 Å². The van der Waals surface area contributed by atoms with Gasteiger partial charge < -0.3 is 45.1 Å². The fraction of sp³-hybridized carbons (Fsp3) is 0.286. The zero-order valence-corrected chi connectivity index (χ0v) is 26.4. The number of rotatable bonds is 7. The Labute approximate surface area is 272 Å². The van der Waals surface area contributed by atoms with Gasteiger partial charge in [0.2, 0.25) is 6.79 Å². The van der Waals surface area contributed by atoms with Crippen LogP contribution in [-0.2, 0) is 0 Å². The molecule has 0 radical (unpaired) electrons. The number of carbonyl (C=O) groups is 3. The summed E-state index contributed by atoms with van der Waals surface area (Å²) >= 11 is 0. The predicted octanol–water partition coefficient (Wildman–Crippen LogP) is 5.60. The number of ether oxygens (including phenoxy) is 3. The van der Waals surface area contributed by atoms with Crippen LogP contribution in [-0.4, -0.2) is 78.6 Å². The summed E-state index contributed by atoms with van der Waals surface area (Å²) < 4.78 is 17.1. The third-order valence-corrected chi connectivity index (χ3v) is 8.38. The lowest BCUT2D eigenvalue weighted by Crippen LogP contribution is -2.50. The molecule has 5 amide bonds. The van der Waals surface area contributed by atoms with E-state index in [-0.39, 0.29) is 49.9 Å². The number of anilines is 3. The largest absolute Gasteiger partial charge is 0.487 e. The molecule has 0 aromatic heterocycles. The van der Waals surface area contributed by atoms with Crippen molar-refractivity contribution in [3.05, 3.63) is 84.4 Å². The molecule has 4 N–H and O–H groups in total. The van der Waals surface area contributed by atoms with E-state index in [9.17, 15) is 19.5 Å². The van der Waals surface area contributed by atoms with Gasteiger partial charge in [0.05, 0.1) is 30.4 Å². The van der Waals surface area contributed by atoms with Gasteiger partial charge in [-0.25, -0.2) is 9.59 Å². The lowest BCUT2D eigenvalue weighted by molar-refractivity contribution is 0.0371. The van der Waals surface area contributed by atoms with E-state index >= 15 is 0 Å². The molecule has 47 heavy (non-hydrogen) atoms.